The van der Waals surface area contributed by atoms with Crippen molar-refractivity contribution >= 4 is 11.6 Å². The third-order valence-electron chi connectivity index (χ3n) is 3.01. The zero-order chi connectivity index (χ0) is 14.7. The zero-order valence-electron chi connectivity index (χ0n) is 11.6. The Hall–Kier alpha value is -1.85. The highest BCUT2D eigenvalue weighted by Crippen LogP contribution is 2.29. The van der Waals surface area contributed by atoms with Crippen LogP contribution in [0.5, 0.6) is 11.8 Å². The maximum atomic E-state index is 6.27. The number of ether oxygens (including phenoxy) is 2. The summed E-state index contributed by atoms with van der Waals surface area (Å²) in [5.41, 5.74) is 8.74. The van der Waals surface area contributed by atoms with E-state index in [9.17, 15) is 0 Å². The lowest BCUT2D eigenvalue weighted by Gasteiger charge is -2.16. The Morgan fingerprint density at radius 2 is 2.00 bits per heavy atom. The number of hydrogen-bond acceptors (Lipinski definition) is 5. The Morgan fingerprint density at radius 3 is 2.60 bits per heavy atom. The largest absolute Gasteiger partial charge is 0.480 e. The second-order valence-corrected chi connectivity index (χ2v) is 4.72. The minimum Gasteiger partial charge on any atom is -0.480 e. The molecule has 0 saturated carbocycles. The molecule has 2 rings (SSSR count). The van der Waals surface area contributed by atoms with Gasteiger partial charge in [0.25, 0.3) is 0 Å². The molecular weight excluding hydrogens is 278 g/mol. The molecule has 2 N–H and O–H groups in total. The van der Waals surface area contributed by atoms with E-state index in [2.05, 4.69) is 9.97 Å². The normalized spacial score (nSPS) is 12.1. The summed E-state index contributed by atoms with van der Waals surface area (Å²) in [7, 11) is 3.04. The molecule has 20 heavy (non-hydrogen) atoms. The van der Waals surface area contributed by atoms with Crippen LogP contribution in [0.2, 0.25) is 5.02 Å². The predicted octanol–water partition coefficient (Wildman–Crippen LogP) is 2.50. The first-order chi connectivity index (χ1) is 9.56. The topological polar surface area (TPSA) is 70.3 Å². The Balaban J connectivity index is 2.44. The molecule has 0 radical (unpaired) electrons. The smallest absolute Gasteiger partial charge is 0.240 e. The lowest BCUT2D eigenvalue weighted by Crippen LogP contribution is -2.17. The highest BCUT2D eigenvalue weighted by molar-refractivity contribution is 6.30. The standard InChI is InChI=1S/C14H16ClN3O2/c1-8-6-9(15)4-5-10(8)12(16)13-14(20-3)18-11(19-2)7-17-13/h4-7,12H,16H2,1-3H3. The minimum absolute atomic E-state index is 0.353. The van der Waals surface area contributed by atoms with E-state index in [1.165, 1.54) is 20.4 Å². The Kier molecular flexibility index (Phi) is 4.42. The Bertz CT molecular complexity index is 619. The molecular formula is C14H16ClN3O2. The van der Waals surface area contributed by atoms with Crippen molar-refractivity contribution < 1.29 is 9.47 Å². The van der Waals surface area contributed by atoms with Crippen LogP contribution in [0.15, 0.2) is 24.4 Å². The summed E-state index contributed by atoms with van der Waals surface area (Å²) in [6, 6.07) is 5.10. The molecule has 0 aliphatic carbocycles. The van der Waals surface area contributed by atoms with Gasteiger partial charge in [0.15, 0.2) is 0 Å². The van der Waals surface area contributed by atoms with Crippen molar-refractivity contribution in [2.75, 3.05) is 14.2 Å². The number of hydrogen-bond donors (Lipinski definition) is 1. The van der Waals surface area contributed by atoms with Gasteiger partial charge in [0, 0.05) is 5.02 Å². The molecule has 1 heterocycles. The summed E-state index contributed by atoms with van der Waals surface area (Å²) in [5.74, 6) is 0.733. The first kappa shape index (κ1) is 14.6. The fourth-order valence-corrected chi connectivity index (χ4v) is 2.19. The highest BCUT2D eigenvalue weighted by Gasteiger charge is 2.19. The van der Waals surface area contributed by atoms with Crippen LogP contribution in [0.1, 0.15) is 22.9 Å². The molecule has 0 aliphatic rings. The zero-order valence-corrected chi connectivity index (χ0v) is 12.3. The van der Waals surface area contributed by atoms with Gasteiger partial charge < -0.3 is 15.2 Å². The van der Waals surface area contributed by atoms with Gasteiger partial charge in [-0.2, -0.15) is 4.98 Å². The van der Waals surface area contributed by atoms with Gasteiger partial charge in [0.2, 0.25) is 11.8 Å². The van der Waals surface area contributed by atoms with Crippen LogP contribution in [0.4, 0.5) is 0 Å². The lowest BCUT2D eigenvalue weighted by molar-refractivity contribution is 0.355. The number of aryl methyl sites for hydroxylation is 1. The van der Waals surface area contributed by atoms with Gasteiger partial charge in [-0.25, -0.2) is 4.98 Å². The molecule has 2 aromatic rings. The highest BCUT2D eigenvalue weighted by atomic mass is 35.5. The molecule has 1 atom stereocenters. The van der Waals surface area contributed by atoms with E-state index in [0.29, 0.717) is 22.5 Å². The average molecular weight is 294 g/mol. The molecule has 0 saturated heterocycles. The van der Waals surface area contributed by atoms with Gasteiger partial charge in [-0.3, -0.25) is 0 Å². The van der Waals surface area contributed by atoms with Crippen molar-refractivity contribution in [1.82, 2.24) is 9.97 Å². The van der Waals surface area contributed by atoms with Crippen molar-refractivity contribution in [1.29, 1.82) is 0 Å². The summed E-state index contributed by atoms with van der Waals surface area (Å²) in [6.07, 6.45) is 1.52. The number of methoxy groups -OCH3 is 2. The number of benzene rings is 1. The molecule has 106 valence electrons. The third-order valence-corrected chi connectivity index (χ3v) is 3.24. The Morgan fingerprint density at radius 1 is 1.25 bits per heavy atom. The van der Waals surface area contributed by atoms with Gasteiger partial charge in [0.1, 0.15) is 5.69 Å². The SMILES string of the molecule is COc1cnc(C(N)c2ccc(Cl)cc2C)c(OC)n1. The number of rotatable bonds is 4. The Labute approximate surface area is 122 Å². The van der Waals surface area contributed by atoms with E-state index in [0.717, 1.165) is 11.1 Å². The van der Waals surface area contributed by atoms with Crippen molar-refractivity contribution in [3.05, 3.63) is 46.2 Å². The molecule has 1 aromatic heterocycles. The maximum absolute atomic E-state index is 6.27. The number of nitrogens with zero attached hydrogens (tertiary/aromatic N) is 2. The molecule has 1 aromatic carbocycles. The van der Waals surface area contributed by atoms with Crippen LogP contribution in [-0.2, 0) is 0 Å². The lowest BCUT2D eigenvalue weighted by atomic mass is 9.99. The van der Waals surface area contributed by atoms with Crippen molar-refractivity contribution in [2.45, 2.75) is 13.0 Å². The molecule has 0 aliphatic heterocycles. The minimum atomic E-state index is -0.444. The quantitative estimate of drug-likeness (QED) is 0.938. The molecule has 0 fully saturated rings. The molecule has 0 bridgehead atoms. The van der Waals surface area contributed by atoms with E-state index in [1.54, 1.807) is 6.07 Å². The van der Waals surface area contributed by atoms with Gasteiger partial charge in [-0.15, -0.1) is 0 Å². The molecule has 5 nitrogen and oxygen atoms in total. The average Bonchev–Trinajstić information content (AvgIpc) is 2.46. The third kappa shape index (κ3) is 2.84. The number of nitrogens with two attached hydrogens (primary N) is 1. The summed E-state index contributed by atoms with van der Waals surface area (Å²) in [4.78, 5) is 8.48. The first-order valence-corrected chi connectivity index (χ1v) is 6.41. The van der Waals surface area contributed by atoms with Crippen molar-refractivity contribution in [3.63, 3.8) is 0 Å². The molecule has 0 spiro atoms. The van der Waals surface area contributed by atoms with Gasteiger partial charge in [-0.05, 0) is 30.2 Å². The summed E-state index contributed by atoms with van der Waals surface area (Å²) < 4.78 is 10.3. The van der Waals surface area contributed by atoms with Gasteiger partial charge >= 0.3 is 0 Å². The van der Waals surface area contributed by atoms with E-state index in [-0.39, 0.29) is 0 Å². The van der Waals surface area contributed by atoms with Crippen LogP contribution < -0.4 is 15.2 Å². The van der Waals surface area contributed by atoms with Crippen LogP contribution >= 0.6 is 11.6 Å². The van der Waals surface area contributed by atoms with E-state index >= 15 is 0 Å². The number of aromatic nitrogens is 2. The maximum Gasteiger partial charge on any atom is 0.240 e. The molecule has 6 heteroatoms. The first-order valence-electron chi connectivity index (χ1n) is 6.03. The number of halogens is 1. The van der Waals surface area contributed by atoms with Crippen LogP contribution in [0, 0.1) is 6.92 Å². The fraction of sp³-hybridized carbons (Fsp3) is 0.286. The molecule has 1 unspecified atom stereocenters. The van der Waals surface area contributed by atoms with Crippen LogP contribution in [-0.4, -0.2) is 24.2 Å². The second-order valence-electron chi connectivity index (χ2n) is 4.29. The van der Waals surface area contributed by atoms with E-state index in [4.69, 9.17) is 26.8 Å². The van der Waals surface area contributed by atoms with Crippen LogP contribution in [0.3, 0.4) is 0 Å². The van der Waals surface area contributed by atoms with Gasteiger partial charge in [-0.1, -0.05) is 17.7 Å². The predicted molar refractivity (Wildman–Crippen MR) is 77.4 cm³/mol. The molecule has 0 amide bonds. The second kappa shape index (κ2) is 6.07. The summed E-state index contributed by atoms with van der Waals surface area (Å²) >= 11 is 5.96. The fourth-order valence-electron chi connectivity index (χ4n) is 1.96. The van der Waals surface area contributed by atoms with E-state index in [1.807, 2.05) is 19.1 Å². The van der Waals surface area contributed by atoms with Crippen LogP contribution in [0.25, 0.3) is 0 Å². The van der Waals surface area contributed by atoms with Crippen molar-refractivity contribution in [3.8, 4) is 11.8 Å². The van der Waals surface area contributed by atoms with E-state index < -0.39 is 6.04 Å². The van der Waals surface area contributed by atoms with Crippen molar-refractivity contribution in [2.24, 2.45) is 5.73 Å². The van der Waals surface area contributed by atoms with Gasteiger partial charge in [0.05, 0.1) is 26.5 Å². The summed E-state index contributed by atoms with van der Waals surface area (Å²) in [6.45, 7) is 1.95. The monoisotopic (exact) mass is 293 g/mol. The summed E-state index contributed by atoms with van der Waals surface area (Å²) in [5, 5.41) is 0.672.